The van der Waals surface area contributed by atoms with Crippen molar-refractivity contribution in [3.8, 4) is 5.75 Å². The topological polar surface area (TPSA) is 38.3 Å². The van der Waals surface area contributed by atoms with Gasteiger partial charge in [0, 0.05) is 12.5 Å². The zero-order valence-electron chi connectivity index (χ0n) is 12.0. The van der Waals surface area contributed by atoms with Crippen LogP contribution in [-0.4, -0.2) is 24.2 Å². The summed E-state index contributed by atoms with van der Waals surface area (Å²) in [7, 11) is 0. The highest BCUT2D eigenvalue weighted by Crippen LogP contribution is 2.38. The van der Waals surface area contributed by atoms with E-state index in [9.17, 15) is 18.0 Å². The van der Waals surface area contributed by atoms with Gasteiger partial charge in [-0.2, -0.15) is 13.2 Å². The Morgan fingerprint density at radius 2 is 1.91 bits per heavy atom. The molecular weight excluding hydrogens is 295 g/mol. The van der Waals surface area contributed by atoms with Gasteiger partial charge in [-0.3, -0.25) is 4.79 Å². The standard InChI is InChI=1S/C16H18F3NO2/c17-16(18,19)11-6-2-3-7-12(11)20-15(21)14-9-10-5-1-4-8-13(10)22-14/h1,4-5,8,11-12,14H,2-3,6-7,9H2,(H,20,21)/t11-,12-,14-/m1/s1. The highest BCUT2D eigenvalue weighted by Gasteiger charge is 2.46. The molecule has 1 aliphatic carbocycles. The van der Waals surface area contributed by atoms with Crippen molar-refractivity contribution in [3.63, 3.8) is 0 Å². The molecule has 22 heavy (non-hydrogen) atoms. The van der Waals surface area contributed by atoms with E-state index in [-0.39, 0.29) is 6.42 Å². The molecule has 1 aromatic carbocycles. The molecule has 1 N–H and O–H groups in total. The van der Waals surface area contributed by atoms with Crippen LogP contribution >= 0.6 is 0 Å². The molecule has 2 aliphatic rings. The molecule has 3 rings (SSSR count). The molecular formula is C16H18F3NO2. The van der Waals surface area contributed by atoms with Crippen LogP contribution in [0, 0.1) is 5.92 Å². The van der Waals surface area contributed by atoms with Gasteiger partial charge in [0.25, 0.3) is 5.91 Å². The molecule has 0 spiro atoms. The largest absolute Gasteiger partial charge is 0.480 e. The van der Waals surface area contributed by atoms with E-state index in [0.717, 1.165) is 5.56 Å². The van der Waals surface area contributed by atoms with E-state index in [4.69, 9.17) is 4.74 Å². The summed E-state index contributed by atoms with van der Waals surface area (Å²) in [6.45, 7) is 0. The number of amides is 1. The smallest absolute Gasteiger partial charge is 0.393 e. The SMILES string of the molecule is O=C(N[C@@H]1CCCC[C@H]1C(F)(F)F)[C@H]1Cc2ccccc2O1. The second-order valence-electron chi connectivity index (χ2n) is 5.97. The molecule has 0 saturated heterocycles. The normalized spacial score (nSPS) is 27.9. The molecule has 1 aliphatic heterocycles. The number of halogens is 3. The van der Waals surface area contributed by atoms with Crippen LogP contribution in [-0.2, 0) is 11.2 Å². The lowest BCUT2D eigenvalue weighted by Crippen LogP contribution is -2.51. The van der Waals surface area contributed by atoms with Gasteiger partial charge in [-0.25, -0.2) is 0 Å². The Morgan fingerprint density at radius 3 is 2.64 bits per heavy atom. The molecule has 1 fully saturated rings. The Hall–Kier alpha value is -1.72. The van der Waals surface area contributed by atoms with Crippen molar-refractivity contribution < 1.29 is 22.7 Å². The second-order valence-corrected chi connectivity index (χ2v) is 5.97. The van der Waals surface area contributed by atoms with Gasteiger partial charge in [-0.15, -0.1) is 0 Å². The summed E-state index contributed by atoms with van der Waals surface area (Å²) in [5, 5.41) is 2.57. The number of nitrogens with one attached hydrogen (secondary N) is 1. The summed E-state index contributed by atoms with van der Waals surface area (Å²) in [5.74, 6) is -1.26. The van der Waals surface area contributed by atoms with Crippen LogP contribution in [0.5, 0.6) is 5.75 Å². The van der Waals surface area contributed by atoms with Crippen LogP contribution in [0.1, 0.15) is 31.2 Å². The van der Waals surface area contributed by atoms with Gasteiger partial charge >= 0.3 is 6.18 Å². The maximum atomic E-state index is 13.1. The lowest BCUT2D eigenvalue weighted by Gasteiger charge is -2.34. The number of carbonyl (C=O) groups excluding carboxylic acids is 1. The predicted octanol–water partition coefficient (Wildman–Crippen LogP) is 3.23. The fourth-order valence-corrected chi connectivity index (χ4v) is 3.30. The molecule has 120 valence electrons. The minimum Gasteiger partial charge on any atom is -0.480 e. The van der Waals surface area contributed by atoms with E-state index in [2.05, 4.69) is 5.32 Å². The van der Waals surface area contributed by atoms with Crippen molar-refractivity contribution in [1.82, 2.24) is 5.32 Å². The Kier molecular flexibility index (Phi) is 4.02. The first-order valence-electron chi connectivity index (χ1n) is 7.57. The second kappa shape index (κ2) is 5.82. The maximum absolute atomic E-state index is 13.1. The summed E-state index contributed by atoms with van der Waals surface area (Å²) in [6.07, 6.45) is -2.86. The molecule has 3 nitrogen and oxygen atoms in total. The van der Waals surface area contributed by atoms with Crippen LogP contribution < -0.4 is 10.1 Å². The van der Waals surface area contributed by atoms with Crippen LogP contribution in [0.4, 0.5) is 13.2 Å². The van der Waals surface area contributed by atoms with E-state index in [0.29, 0.717) is 31.4 Å². The molecule has 0 unspecified atom stereocenters. The molecule has 6 heteroatoms. The van der Waals surface area contributed by atoms with Crippen LogP contribution in [0.25, 0.3) is 0 Å². The Bertz CT molecular complexity index is 534. The van der Waals surface area contributed by atoms with E-state index in [1.165, 1.54) is 0 Å². The Balaban J connectivity index is 1.64. The first-order chi connectivity index (χ1) is 10.4. The summed E-state index contributed by atoms with van der Waals surface area (Å²) in [5.41, 5.74) is 0.915. The molecule has 1 heterocycles. The fraction of sp³-hybridized carbons (Fsp3) is 0.562. The minimum atomic E-state index is -4.27. The highest BCUT2D eigenvalue weighted by molar-refractivity contribution is 5.82. The number of ether oxygens (including phenoxy) is 1. The van der Waals surface area contributed by atoms with E-state index in [1.54, 1.807) is 12.1 Å². The summed E-state index contributed by atoms with van der Waals surface area (Å²) in [4.78, 5) is 12.3. The third-order valence-electron chi connectivity index (χ3n) is 4.45. The predicted molar refractivity (Wildman–Crippen MR) is 74.5 cm³/mol. The quantitative estimate of drug-likeness (QED) is 0.910. The van der Waals surface area contributed by atoms with Crippen molar-refractivity contribution in [1.29, 1.82) is 0 Å². The molecule has 0 aromatic heterocycles. The average Bonchev–Trinajstić information content (AvgIpc) is 2.90. The van der Waals surface area contributed by atoms with Crippen LogP contribution in [0.3, 0.4) is 0 Å². The van der Waals surface area contributed by atoms with Crippen molar-refractivity contribution in [3.05, 3.63) is 29.8 Å². The number of hydrogen-bond acceptors (Lipinski definition) is 2. The number of para-hydroxylation sites is 1. The monoisotopic (exact) mass is 313 g/mol. The molecule has 1 amide bonds. The molecule has 1 aromatic rings. The first kappa shape index (κ1) is 15.2. The van der Waals surface area contributed by atoms with Crippen molar-refractivity contribution >= 4 is 5.91 Å². The number of hydrogen-bond donors (Lipinski definition) is 1. The lowest BCUT2D eigenvalue weighted by molar-refractivity contribution is -0.189. The van der Waals surface area contributed by atoms with Crippen molar-refractivity contribution in [2.45, 2.75) is 50.4 Å². The van der Waals surface area contributed by atoms with Gasteiger partial charge in [0.1, 0.15) is 5.75 Å². The van der Waals surface area contributed by atoms with Crippen molar-refractivity contribution in [2.75, 3.05) is 0 Å². The zero-order chi connectivity index (χ0) is 15.7. The van der Waals surface area contributed by atoms with E-state index in [1.807, 2.05) is 12.1 Å². The lowest BCUT2D eigenvalue weighted by atomic mass is 9.84. The van der Waals surface area contributed by atoms with Crippen LogP contribution in [0.2, 0.25) is 0 Å². The first-order valence-corrected chi connectivity index (χ1v) is 7.57. The van der Waals surface area contributed by atoms with Gasteiger partial charge in [-0.05, 0) is 24.5 Å². The molecule has 1 saturated carbocycles. The number of rotatable bonds is 2. The molecule has 0 radical (unpaired) electrons. The van der Waals surface area contributed by atoms with Gasteiger partial charge in [0.2, 0.25) is 0 Å². The summed E-state index contributed by atoms with van der Waals surface area (Å²) >= 11 is 0. The van der Waals surface area contributed by atoms with Gasteiger partial charge in [-0.1, -0.05) is 31.0 Å². The third-order valence-corrected chi connectivity index (χ3v) is 4.45. The zero-order valence-corrected chi connectivity index (χ0v) is 12.0. The number of carbonyl (C=O) groups is 1. The van der Waals surface area contributed by atoms with Crippen molar-refractivity contribution in [2.24, 2.45) is 5.92 Å². The van der Waals surface area contributed by atoms with E-state index >= 15 is 0 Å². The number of fused-ring (bicyclic) bond motifs is 1. The summed E-state index contributed by atoms with van der Waals surface area (Å²) < 4.78 is 44.7. The molecule has 0 bridgehead atoms. The number of benzene rings is 1. The van der Waals surface area contributed by atoms with Gasteiger partial charge < -0.3 is 10.1 Å². The third kappa shape index (κ3) is 3.05. The van der Waals surface area contributed by atoms with Crippen LogP contribution in [0.15, 0.2) is 24.3 Å². The van der Waals surface area contributed by atoms with Gasteiger partial charge in [0.05, 0.1) is 5.92 Å². The fourth-order valence-electron chi connectivity index (χ4n) is 3.30. The summed E-state index contributed by atoms with van der Waals surface area (Å²) in [6, 6.07) is 6.45. The minimum absolute atomic E-state index is 0.0835. The molecule has 3 atom stereocenters. The highest BCUT2D eigenvalue weighted by atomic mass is 19.4. The van der Waals surface area contributed by atoms with Gasteiger partial charge in [0.15, 0.2) is 6.10 Å². The Labute approximate surface area is 126 Å². The average molecular weight is 313 g/mol. The van der Waals surface area contributed by atoms with E-state index < -0.39 is 30.1 Å². The Morgan fingerprint density at radius 1 is 1.18 bits per heavy atom. The maximum Gasteiger partial charge on any atom is 0.393 e. The number of alkyl halides is 3.